The van der Waals surface area contributed by atoms with Crippen LogP contribution in [0.25, 0.3) is 0 Å². The van der Waals surface area contributed by atoms with E-state index in [1.807, 2.05) is 0 Å². The molecule has 0 saturated carbocycles. The monoisotopic (exact) mass is 265 g/mol. The Labute approximate surface area is 110 Å². The molecule has 1 atom stereocenters. The third kappa shape index (κ3) is 4.06. The molecule has 0 radical (unpaired) electrons. The van der Waals surface area contributed by atoms with E-state index >= 15 is 0 Å². The van der Waals surface area contributed by atoms with Gasteiger partial charge in [0.25, 0.3) is 5.91 Å². The van der Waals surface area contributed by atoms with Crippen molar-refractivity contribution in [1.29, 1.82) is 0 Å². The lowest BCUT2D eigenvalue weighted by Crippen LogP contribution is -2.44. The van der Waals surface area contributed by atoms with Gasteiger partial charge in [0.05, 0.1) is 0 Å². The van der Waals surface area contributed by atoms with Gasteiger partial charge in [0.2, 0.25) is 0 Å². The molecule has 0 bridgehead atoms. The number of rotatable bonds is 4. The molecule has 0 saturated heterocycles. The molecule has 1 aromatic rings. The van der Waals surface area contributed by atoms with Gasteiger partial charge in [0.15, 0.2) is 12.4 Å². The summed E-state index contributed by atoms with van der Waals surface area (Å²) in [7, 11) is 1.39. The maximum absolute atomic E-state index is 11.6. The van der Waals surface area contributed by atoms with Crippen LogP contribution in [-0.2, 0) is 4.79 Å². The number of nitrogens with one attached hydrogen (secondary N) is 2. The number of nitrogens with zero attached hydrogens (tertiary/aromatic N) is 1. The molecular formula is C12H15N3O4. The molecular weight excluding hydrogens is 250 g/mol. The molecule has 0 aliphatic rings. The summed E-state index contributed by atoms with van der Waals surface area (Å²) in [4.78, 5) is 37.4. The zero-order valence-electron chi connectivity index (χ0n) is 10.9. The van der Waals surface area contributed by atoms with Crippen molar-refractivity contribution in [3.63, 3.8) is 0 Å². The number of amides is 3. The van der Waals surface area contributed by atoms with Gasteiger partial charge >= 0.3 is 6.03 Å². The largest absolute Gasteiger partial charge is 0.478 e. The first-order valence-corrected chi connectivity index (χ1v) is 5.60. The first-order chi connectivity index (χ1) is 8.97. The minimum Gasteiger partial charge on any atom is -0.478 e. The Morgan fingerprint density at radius 1 is 1.42 bits per heavy atom. The zero-order valence-corrected chi connectivity index (χ0v) is 10.9. The Morgan fingerprint density at radius 3 is 2.68 bits per heavy atom. The summed E-state index contributed by atoms with van der Waals surface area (Å²) >= 11 is 0. The third-order valence-electron chi connectivity index (χ3n) is 2.27. The molecule has 1 aromatic heterocycles. The number of carbonyl (C=O) groups is 3. The summed E-state index contributed by atoms with van der Waals surface area (Å²) in [5.74, 6) is -0.420. The quantitative estimate of drug-likeness (QED) is 0.769. The predicted molar refractivity (Wildman–Crippen MR) is 67.0 cm³/mol. The second-order valence-corrected chi connectivity index (χ2v) is 3.78. The van der Waals surface area contributed by atoms with E-state index < -0.39 is 18.0 Å². The predicted octanol–water partition coefficient (Wildman–Crippen LogP) is 0.425. The lowest BCUT2D eigenvalue weighted by molar-refractivity contribution is -0.126. The van der Waals surface area contributed by atoms with Crippen molar-refractivity contribution >= 4 is 18.2 Å². The Bertz CT molecular complexity index is 502. The lowest BCUT2D eigenvalue weighted by Gasteiger charge is -2.15. The standard InChI is InChI=1S/C12H15N3O4/c1-7-4-5-10(9(6-16)14-7)19-8(2)11(17)15-12(18)13-3/h4-6,8H,1-3H3,(H2,13,15,17,18). The minimum atomic E-state index is -0.930. The molecule has 7 heteroatoms. The molecule has 102 valence electrons. The van der Waals surface area contributed by atoms with Crippen molar-refractivity contribution in [2.45, 2.75) is 20.0 Å². The van der Waals surface area contributed by atoms with Crippen LogP contribution in [0.2, 0.25) is 0 Å². The Hall–Kier alpha value is -2.44. The molecule has 1 rings (SSSR count). The number of hydrogen-bond acceptors (Lipinski definition) is 5. The number of hydrogen-bond donors (Lipinski definition) is 2. The van der Waals surface area contributed by atoms with Gasteiger partial charge in [-0.2, -0.15) is 0 Å². The highest BCUT2D eigenvalue weighted by Gasteiger charge is 2.18. The van der Waals surface area contributed by atoms with Gasteiger partial charge in [-0.15, -0.1) is 0 Å². The van der Waals surface area contributed by atoms with E-state index in [0.717, 1.165) is 0 Å². The highest BCUT2D eigenvalue weighted by Crippen LogP contribution is 2.16. The fourth-order valence-electron chi connectivity index (χ4n) is 1.27. The van der Waals surface area contributed by atoms with Crippen LogP contribution in [0.1, 0.15) is 23.1 Å². The van der Waals surface area contributed by atoms with E-state index in [4.69, 9.17) is 4.74 Å². The molecule has 2 N–H and O–H groups in total. The molecule has 3 amide bonds. The number of ether oxygens (including phenoxy) is 1. The topological polar surface area (TPSA) is 97.4 Å². The molecule has 0 aromatic carbocycles. The first-order valence-electron chi connectivity index (χ1n) is 5.60. The van der Waals surface area contributed by atoms with E-state index in [1.165, 1.54) is 14.0 Å². The lowest BCUT2D eigenvalue weighted by atomic mass is 10.3. The number of aromatic nitrogens is 1. The second-order valence-electron chi connectivity index (χ2n) is 3.78. The molecule has 1 heterocycles. The van der Waals surface area contributed by atoms with Crippen LogP contribution in [0.5, 0.6) is 5.75 Å². The van der Waals surface area contributed by atoms with E-state index in [9.17, 15) is 14.4 Å². The number of urea groups is 1. The van der Waals surface area contributed by atoms with Gasteiger partial charge in [-0.05, 0) is 26.0 Å². The smallest absolute Gasteiger partial charge is 0.321 e. The van der Waals surface area contributed by atoms with Crippen LogP contribution in [0.3, 0.4) is 0 Å². The van der Waals surface area contributed by atoms with Crippen LogP contribution in [0.15, 0.2) is 12.1 Å². The van der Waals surface area contributed by atoms with Gasteiger partial charge in [0, 0.05) is 12.7 Å². The maximum atomic E-state index is 11.6. The minimum absolute atomic E-state index is 0.111. The van der Waals surface area contributed by atoms with Gasteiger partial charge in [0.1, 0.15) is 11.4 Å². The van der Waals surface area contributed by atoms with Gasteiger partial charge in [-0.3, -0.25) is 14.9 Å². The number of carbonyl (C=O) groups excluding carboxylic acids is 3. The molecule has 0 fully saturated rings. The van der Waals surface area contributed by atoms with Crippen molar-refractivity contribution in [3.8, 4) is 5.75 Å². The number of aryl methyl sites for hydroxylation is 1. The second kappa shape index (κ2) is 6.48. The van der Waals surface area contributed by atoms with Crippen LogP contribution in [0, 0.1) is 6.92 Å². The molecule has 0 aliphatic carbocycles. The first kappa shape index (κ1) is 14.6. The summed E-state index contributed by atoms with van der Waals surface area (Å²) in [6, 6.07) is 2.58. The average Bonchev–Trinajstić information content (AvgIpc) is 2.40. The van der Waals surface area contributed by atoms with Crippen LogP contribution in [-0.4, -0.2) is 36.4 Å². The number of pyridine rings is 1. The van der Waals surface area contributed by atoms with E-state index in [0.29, 0.717) is 12.0 Å². The van der Waals surface area contributed by atoms with Gasteiger partial charge < -0.3 is 10.1 Å². The Morgan fingerprint density at radius 2 is 2.11 bits per heavy atom. The molecule has 7 nitrogen and oxygen atoms in total. The summed E-state index contributed by atoms with van der Waals surface area (Å²) in [6.07, 6.45) is -0.383. The molecule has 0 spiro atoms. The number of aldehydes is 1. The average molecular weight is 265 g/mol. The summed E-state index contributed by atoms with van der Waals surface area (Å²) in [6.45, 7) is 3.20. The summed E-state index contributed by atoms with van der Waals surface area (Å²) in [5.41, 5.74) is 0.775. The maximum Gasteiger partial charge on any atom is 0.321 e. The highest BCUT2D eigenvalue weighted by molar-refractivity contribution is 5.96. The molecule has 19 heavy (non-hydrogen) atoms. The van der Waals surface area contributed by atoms with Crippen molar-refractivity contribution < 1.29 is 19.1 Å². The number of imide groups is 1. The highest BCUT2D eigenvalue weighted by atomic mass is 16.5. The van der Waals surface area contributed by atoms with E-state index in [-0.39, 0.29) is 11.4 Å². The third-order valence-corrected chi connectivity index (χ3v) is 2.27. The van der Waals surface area contributed by atoms with E-state index in [1.54, 1.807) is 19.1 Å². The van der Waals surface area contributed by atoms with Crippen molar-refractivity contribution in [1.82, 2.24) is 15.6 Å². The SMILES string of the molecule is CNC(=O)NC(=O)C(C)Oc1ccc(C)nc1C=O. The Balaban J connectivity index is 2.76. The van der Waals surface area contributed by atoms with Crippen LogP contribution >= 0.6 is 0 Å². The van der Waals surface area contributed by atoms with Crippen LogP contribution < -0.4 is 15.4 Å². The van der Waals surface area contributed by atoms with Gasteiger partial charge in [-0.1, -0.05) is 0 Å². The summed E-state index contributed by atoms with van der Waals surface area (Å²) < 4.78 is 5.31. The zero-order chi connectivity index (χ0) is 14.4. The Kier molecular flexibility index (Phi) is 4.99. The van der Waals surface area contributed by atoms with E-state index in [2.05, 4.69) is 15.6 Å². The fourth-order valence-corrected chi connectivity index (χ4v) is 1.27. The van der Waals surface area contributed by atoms with Crippen molar-refractivity contribution in [3.05, 3.63) is 23.5 Å². The molecule has 1 unspecified atom stereocenters. The fraction of sp³-hybridized carbons (Fsp3) is 0.333. The van der Waals surface area contributed by atoms with Crippen molar-refractivity contribution in [2.24, 2.45) is 0 Å². The normalized spacial score (nSPS) is 11.3. The summed E-state index contributed by atoms with van der Waals surface area (Å²) in [5, 5.41) is 4.33. The van der Waals surface area contributed by atoms with Crippen molar-refractivity contribution in [2.75, 3.05) is 7.05 Å². The van der Waals surface area contributed by atoms with Crippen LogP contribution in [0.4, 0.5) is 4.79 Å². The molecule has 0 aliphatic heterocycles. The van der Waals surface area contributed by atoms with Gasteiger partial charge in [-0.25, -0.2) is 9.78 Å².